The summed E-state index contributed by atoms with van der Waals surface area (Å²) in [7, 11) is 0. The average Bonchev–Trinajstić information content (AvgIpc) is 2.21. The van der Waals surface area contributed by atoms with E-state index in [9.17, 15) is 4.79 Å². The molecule has 1 aromatic carbocycles. The van der Waals surface area contributed by atoms with E-state index in [1.807, 2.05) is 13.0 Å². The van der Waals surface area contributed by atoms with Crippen LogP contribution in [-0.2, 0) is 4.79 Å². The monoisotopic (exact) mass is 396 g/mol. The van der Waals surface area contributed by atoms with Crippen molar-refractivity contribution in [1.82, 2.24) is 0 Å². The van der Waals surface area contributed by atoms with Crippen LogP contribution in [0.1, 0.15) is 5.56 Å². The van der Waals surface area contributed by atoms with Crippen LogP contribution < -0.4 is 4.74 Å². The van der Waals surface area contributed by atoms with Gasteiger partial charge in [0.15, 0.2) is 5.75 Å². The Morgan fingerprint density at radius 3 is 2.53 bits per heavy atom. The van der Waals surface area contributed by atoms with Crippen LogP contribution in [0.4, 0.5) is 0 Å². The van der Waals surface area contributed by atoms with Crippen LogP contribution in [0.2, 0.25) is 0 Å². The van der Waals surface area contributed by atoms with Gasteiger partial charge in [0, 0.05) is 10.5 Å². The Morgan fingerprint density at radius 2 is 2.00 bits per heavy atom. The van der Waals surface area contributed by atoms with Gasteiger partial charge in [0.2, 0.25) is 0 Å². The van der Waals surface area contributed by atoms with Crippen molar-refractivity contribution in [1.29, 1.82) is 0 Å². The van der Waals surface area contributed by atoms with Crippen LogP contribution in [0.3, 0.4) is 0 Å². The first-order valence-electron chi connectivity index (χ1n) is 3.95. The highest BCUT2D eigenvalue weighted by molar-refractivity contribution is 9.11. The van der Waals surface area contributed by atoms with Gasteiger partial charge in [-0.1, -0.05) is 22.5 Å². The van der Waals surface area contributed by atoms with E-state index in [1.54, 1.807) is 0 Å². The van der Waals surface area contributed by atoms with Gasteiger partial charge in [0.1, 0.15) is 0 Å². The third-order valence-electron chi connectivity index (χ3n) is 1.73. The van der Waals surface area contributed by atoms with E-state index in [2.05, 4.69) is 54.4 Å². The van der Waals surface area contributed by atoms with Crippen molar-refractivity contribution in [2.75, 3.05) is 0 Å². The van der Waals surface area contributed by atoms with Gasteiger partial charge in [-0.15, -0.1) is 0 Å². The molecule has 0 fully saturated rings. The van der Waals surface area contributed by atoms with Crippen LogP contribution in [0.25, 0.3) is 0 Å². The van der Waals surface area contributed by atoms with E-state index in [0.29, 0.717) is 10.2 Å². The molecule has 0 radical (unpaired) electrons. The maximum absolute atomic E-state index is 11.1. The Morgan fingerprint density at radius 1 is 1.40 bits per heavy atom. The van der Waals surface area contributed by atoms with Gasteiger partial charge >= 0.3 is 5.97 Å². The smallest absolute Gasteiger partial charge is 0.335 e. The standard InChI is InChI=1S/C10H7Br3O2/c1-3-8(14)15-10-7(12)4-6(11)5(2)9(10)13/h3-4H,1H2,2H3. The number of carbonyl (C=O) groups is 1. The van der Waals surface area contributed by atoms with Crippen LogP contribution in [0.15, 0.2) is 32.1 Å². The fraction of sp³-hybridized carbons (Fsp3) is 0.100. The highest BCUT2D eigenvalue weighted by Crippen LogP contribution is 2.39. The van der Waals surface area contributed by atoms with Gasteiger partial charge in [-0.25, -0.2) is 4.79 Å². The van der Waals surface area contributed by atoms with E-state index < -0.39 is 5.97 Å². The van der Waals surface area contributed by atoms with Gasteiger partial charge in [0.25, 0.3) is 0 Å². The molecule has 0 aromatic heterocycles. The summed E-state index contributed by atoms with van der Waals surface area (Å²) in [5, 5.41) is 0. The molecule has 80 valence electrons. The third-order valence-corrected chi connectivity index (χ3v) is 4.09. The molecule has 0 atom stereocenters. The summed E-state index contributed by atoms with van der Waals surface area (Å²) >= 11 is 10.1. The molecular formula is C10H7Br3O2. The molecular weight excluding hydrogens is 392 g/mol. The molecule has 0 aliphatic heterocycles. The van der Waals surface area contributed by atoms with Crippen molar-refractivity contribution in [2.45, 2.75) is 6.92 Å². The van der Waals surface area contributed by atoms with Crippen LogP contribution in [0, 0.1) is 6.92 Å². The molecule has 0 aliphatic rings. The second-order valence-corrected chi connectivity index (χ2v) is 5.24. The highest BCUT2D eigenvalue weighted by Gasteiger charge is 2.14. The molecule has 0 aliphatic carbocycles. The molecule has 1 aromatic rings. The Kier molecular flexibility index (Phi) is 4.55. The lowest BCUT2D eigenvalue weighted by Crippen LogP contribution is -2.04. The molecule has 0 spiro atoms. The fourth-order valence-electron chi connectivity index (χ4n) is 0.901. The van der Waals surface area contributed by atoms with Crippen LogP contribution >= 0.6 is 47.8 Å². The number of hydrogen-bond acceptors (Lipinski definition) is 2. The van der Waals surface area contributed by atoms with Crippen molar-refractivity contribution < 1.29 is 9.53 Å². The number of rotatable bonds is 2. The van der Waals surface area contributed by atoms with E-state index in [1.165, 1.54) is 0 Å². The number of esters is 1. The first-order valence-corrected chi connectivity index (χ1v) is 6.33. The summed E-state index contributed by atoms with van der Waals surface area (Å²) in [6.07, 6.45) is 1.12. The molecule has 1 rings (SSSR count). The van der Waals surface area contributed by atoms with E-state index >= 15 is 0 Å². The third kappa shape index (κ3) is 2.92. The molecule has 15 heavy (non-hydrogen) atoms. The zero-order valence-electron chi connectivity index (χ0n) is 7.81. The topological polar surface area (TPSA) is 26.3 Å². The maximum Gasteiger partial charge on any atom is 0.335 e. The minimum Gasteiger partial charge on any atom is -0.421 e. The first kappa shape index (κ1) is 12.9. The highest BCUT2D eigenvalue weighted by atomic mass is 79.9. The van der Waals surface area contributed by atoms with Gasteiger partial charge in [0.05, 0.1) is 8.95 Å². The normalized spacial score (nSPS) is 9.87. The Labute approximate surface area is 113 Å². The summed E-state index contributed by atoms with van der Waals surface area (Å²) in [6, 6.07) is 1.83. The second-order valence-electron chi connectivity index (χ2n) is 2.73. The number of hydrogen-bond donors (Lipinski definition) is 0. The predicted octanol–water partition coefficient (Wildman–Crippen LogP) is 4.37. The minimum atomic E-state index is -0.488. The molecule has 0 unspecified atom stereocenters. The van der Waals surface area contributed by atoms with Crippen molar-refractivity contribution in [3.63, 3.8) is 0 Å². The Balaban J connectivity index is 3.23. The van der Waals surface area contributed by atoms with E-state index in [0.717, 1.165) is 20.6 Å². The van der Waals surface area contributed by atoms with Crippen molar-refractivity contribution in [3.05, 3.63) is 37.7 Å². The zero-order chi connectivity index (χ0) is 11.6. The lowest BCUT2D eigenvalue weighted by molar-refractivity contribution is -0.129. The number of ether oxygens (including phenoxy) is 1. The molecule has 0 amide bonds. The predicted molar refractivity (Wildman–Crippen MR) is 70.1 cm³/mol. The lowest BCUT2D eigenvalue weighted by atomic mass is 10.2. The van der Waals surface area contributed by atoms with E-state index in [4.69, 9.17) is 4.74 Å². The maximum atomic E-state index is 11.1. The van der Waals surface area contributed by atoms with Crippen LogP contribution in [-0.4, -0.2) is 5.97 Å². The second kappa shape index (κ2) is 5.27. The van der Waals surface area contributed by atoms with Crippen molar-refractivity contribution in [2.24, 2.45) is 0 Å². The molecule has 0 saturated heterocycles. The fourth-order valence-corrected chi connectivity index (χ4v) is 3.18. The van der Waals surface area contributed by atoms with Gasteiger partial charge < -0.3 is 4.74 Å². The van der Waals surface area contributed by atoms with Gasteiger partial charge in [-0.3, -0.25) is 0 Å². The Hall–Kier alpha value is -0.130. The summed E-state index contributed by atoms with van der Waals surface area (Å²) in [5.74, 6) is -0.0290. The van der Waals surface area contributed by atoms with Gasteiger partial charge in [-0.05, 0) is 50.4 Å². The summed E-state index contributed by atoms with van der Waals surface area (Å²) < 4.78 is 7.45. The largest absolute Gasteiger partial charge is 0.421 e. The molecule has 0 N–H and O–H groups in total. The van der Waals surface area contributed by atoms with Gasteiger partial charge in [-0.2, -0.15) is 0 Å². The lowest BCUT2D eigenvalue weighted by Gasteiger charge is -2.10. The zero-order valence-corrected chi connectivity index (χ0v) is 12.6. The number of carbonyl (C=O) groups excluding carboxylic acids is 1. The summed E-state index contributed by atoms with van der Waals surface area (Å²) in [6.45, 7) is 5.25. The first-order chi connectivity index (χ1) is 6.97. The molecule has 2 nitrogen and oxygen atoms in total. The number of benzene rings is 1. The summed E-state index contributed by atoms with van der Waals surface area (Å²) in [4.78, 5) is 11.1. The molecule has 0 bridgehead atoms. The van der Waals surface area contributed by atoms with Crippen LogP contribution in [0.5, 0.6) is 5.75 Å². The molecule has 0 heterocycles. The average molecular weight is 399 g/mol. The molecule has 0 saturated carbocycles. The molecule has 5 heteroatoms. The summed E-state index contributed by atoms with van der Waals surface area (Å²) in [5.41, 5.74) is 0.963. The SMILES string of the molecule is C=CC(=O)Oc1c(Br)cc(Br)c(C)c1Br. The van der Waals surface area contributed by atoms with Crippen molar-refractivity contribution in [3.8, 4) is 5.75 Å². The van der Waals surface area contributed by atoms with Crippen molar-refractivity contribution >= 4 is 53.8 Å². The number of halogens is 3. The quantitative estimate of drug-likeness (QED) is 0.420. The van der Waals surface area contributed by atoms with E-state index in [-0.39, 0.29) is 0 Å². The minimum absolute atomic E-state index is 0.459. The Bertz CT molecular complexity index is 427.